The van der Waals surface area contributed by atoms with Crippen molar-refractivity contribution in [2.24, 2.45) is 0 Å². The van der Waals surface area contributed by atoms with Crippen molar-refractivity contribution in [2.75, 3.05) is 31.2 Å². The van der Waals surface area contributed by atoms with Gasteiger partial charge < -0.3 is 14.7 Å². The molecule has 3 aliphatic heterocycles. The summed E-state index contributed by atoms with van der Waals surface area (Å²) in [6.45, 7) is 7.48. The lowest BCUT2D eigenvalue weighted by Crippen LogP contribution is -2.62. The summed E-state index contributed by atoms with van der Waals surface area (Å²) in [6.07, 6.45) is 4.45. The molecular weight excluding hydrogens is 530 g/mol. The number of ether oxygens (including phenoxy) is 1. The number of fused-ring (bicyclic) bond motifs is 2. The third-order valence-electron chi connectivity index (χ3n) is 7.96. The Kier molecular flexibility index (Phi) is 6.14. The SMILES string of the molecule is CC(C)(C)S(=O)(=O)N1C[C@@H](N2CCCc3cc(Cl)cc(-c4ccnc5cc(CO)sc45)c32)CC12COC2. The molecule has 2 aromatic heterocycles. The summed E-state index contributed by atoms with van der Waals surface area (Å²) >= 11 is 8.21. The third kappa shape index (κ3) is 4.01. The van der Waals surface area contributed by atoms with Gasteiger partial charge in [-0.25, -0.2) is 8.42 Å². The Balaban J connectivity index is 1.47. The smallest absolute Gasteiger partial charge is 0.219 e. The van der Waals surface area contributed by atoms with Gasteiger partial charge in [-0.1, -0.05) is 11.6 Å². The first-order valence-electron chi connectivity index (χ1n) is 12.7. The zero-order valence-electron chi connectivity index (χ0n) is 21.3. The molecule has 7 nitrogen and oxygen atoms in total. The van der Waals surface area contributed by atoms with Crippen molar-refractivity contribution in [2.45, 2.75) is 63.0 Å². The van der Waals surface area contributed by atoms with E-state index in [1.54, 1.807) is 42.6 Å². The number of hydrogen-bond acceptors (Lipinski definition) is 7. The van der Waals surface area contributed by atoms with E-state index in [0.29, 0.717) is 24.8 Å². The maximum Gasteiger partial charge on any atom is 0.219 e. The molecule has 1 spiro atoms. The van der Waals surface area contributed by atoms with E-state index in [2.05, 4.69) is 16.0 Å². The number of aromatic nitrogens is 1. The Morgan fingerprint density at radius 1 is 1.24 bits per heavy atom. The molecule has 1 atom stereocenters. The molecule has 0 saturated carbocycles. The minimum absolute atomic E-state index is 0.0233. The summed E-state index contributed by atoms with van der Waals surface area (Å²) in [5, 5.41) is 10.4. The van der Waals surface area contributed by atoms with Crippen LogP contribution in [0.4, 0.5) is 5.69 Å². The van der Waals surface area contributed by atoms with E-state index >= 15 is 0 Å². The van der Waals surface area contributed by atoms with E-state index in [0.717, 1.165) is 57.7 Å². The molecule has 37 heavy (non-hydrogen) atoms. The maximum absolute atomic E-state index is 13.7. The predicted molar refractivity (Wildman–Crippen MR) is 149 cm³/mol. The van der Waals surface area contributed by atoms with Gasteiger partial charge in [0.1, 0.15) is 0 Å². The first kappa shape index (κ1) is 25.5. The quantitative estimate of drug-likeness (QED) is 0.491. The van der Waals surface area contributed by atoms with Gasteiger partial charge in [0.2, 0.25) is 10.0 Å². The van der Waals surface area contributed by atoms with E-state index in [4.69, 9.17) is 16.3 Å². The molecule has 6 rings (SSSR count). The van der Waals surface area contributed by atoms with Crippen molar-refractivity contribution in [3.05, 3.63) is 45.9 Å². The van der Waals surface area contributed by atoms with Gasteiger partial charge in [0.25, 0.3) is 0 Å². The maximum atomic E-state index is 13.7. The predicted octanol–water partition coefficient (Wildman–Crippen LogP) is 4.83. The normalized spacial score (nSPS) is 22.0. The fourth-order valence-corrected chi connectivity index (χ4v) is 9.03. The molecule has 3 aromatic rings. The lowest BCUT2D eigenvalue weighted by atomic mass is 9.90. The number of aryl methyl sites for hydroxylation is 1. The van der Waals surface area contributed by atoms with Crippen LogP contribution in [0.5, 0.6) is 0 Å². The van der Waals surface area contributed by atoms with Gasteiger partial charge >= 0.3 is 0 Å². The number of sulfonamides is 1. The summed E-state index contributed by atoms with van der Waals surface area (Å²) < 4.78 is 34.8. The highest BCUT2D eigenvalue weighted by molar-refractivity contribution is 7.90. The number of hydrogen-bond donors (Lipinski definition) is 1. The van der Waals surface area contributed by atoms with Gasteiger partial charge in [0, 0.05) is 52.0 Å². The fraction of sp³-hybridized carbons (Fsp3) is 0.519. The van der Waals surface area contributed by atoms with E-state index in [1.165, 1.54) is 5.56 Å². The molecule has 5 heterocycles. The minimum Gasteiger partial charge on any atom is -0.391 e. The number of aliphatic hydroxyl groups excluding tert-OH is 1. The van der Waals surface area contributed by atoms with Gasteiger partial charge in [-0.2, -0.15) is 4.31 Å². The molecule has 10 heteroatoms. The Labute approximate surface area is 227 Å². The fourth-order valence-electron chi connectivity index (χ4n) is 6.07. The molecular formula is C27H32ClN3O4S2. The van der Waals surface area contributed by atoms with Crippen LogP contribution in [0, 0.1) is 0 Å². The van der Waals surface area contributed by atoms with Crippen molar-refractivity contribution < 1.29 is 18.3 Å². The van der Waals surface area contributed by atoms with Gasteiger partial charge in [-0.3, -0.25) is 4.98 Å². The van der Waals surface area contributed by atoms with Crippen LogP contribution < -0.4 is 4.90 Å². The topological polar surface area (TPSA) is 83.0 Å². The first-order chi connectivity index (χ1) is 17.5. The molecule has 3 aliphatic rings. The van der Waals surface area contributed by atoms with Crippen LogP contribution >= 0.6 is 22.9 Å². The van der Waals surface area contributed by atoms with Crippen LogP contribution in [-0.4, -0.2) is 65.4 Å². The van der Waals surface area contributed by atoms with E-state index < -0.39 is 20.3 Å². The van der Waals surface area contributed by atoms with E-state index in [9.17, 15) is 13.5 Å². The monoisotopic (exact) mass is 561 g/mol. The molecule has 2 fully saturated rings. The van der Waals surface area contributed by atoms with Crippen LogP contribution in [0.2, 0.25) is 5.02 Å². The molecule has 198 valence electrons. The van der Waals surface area contributed by atoms with Gasteiger partial charge in [-0.15, -0.1) is 11.3 Å². The lowest BCUT2D eigenvalue weighted by Gasteiger charge is -2.46. The summed E-state index contributed by atoms with van der Waals surface area (Å²) in [6, 6.07) is 8.07. The lowest BCUT2D eigenvalue weighted by molar-refractivity contribution is -0.0968. The zero-order chi connectivity index (χ0) is 26.2. The molecule has 2 saturated heterocycles. The molecule has 0 radical (unpaired) electrons. The molecule has 0 amide bonds. The Morgan fingerprint density at radius 2 is 2.03 bits per heavy atom. The number of halogens is 1. The molecule has 1 N–H and O–H groups in total. The summed E-state index contributed by atoms with van der Waals surface area (Å²) in [5.74, 6) is 0. The average Bonchev–Trinajstić information content (AvgIpc) is 3.44. The number of anilines is 1. The Morgan fingerprint density at radius 3 is 2.70 bits per heavy atom. The van der Waals surface area contributed by atoms with Crippen molar-refractivity contribution in [1.82, 2.24) is 9.29 Å². The first-order valence-corrected chi connectivity index (χ1v) is 15.4. The standard InChI is InChI=1S/C27H32ClN3O4S2/c1-26(2,3)37(33,34)31-13-19(12-27(31)15-35-16-27)30-8-4-5-17-9-18(28)10-22(24(17)30)21-6-7-29-23-11-20(14-32)36-25(21)23/h6-7,9-11,19,32H,4-5,8,12-16H2,1-3H3/t19-/m0/s1. The number of rotatable bonds is 4. The Hall–Kier alpha value is -1.75. The van der Waals surface area contributed by atoms with Crippen LogP contribution in [-0.2, 0) is 27.8 Å². The molecule has 0 aliphatic carbocycles. The van der Waals surface area contributed by atoms with Crippen molar-refractivity contribution in [1.29, 1.82) is 0 Å². The number of nitrogens with zero attached hydrogens (tertiary/aromatic N) is 3. The van der Waals surface area contributed by atoms with E-state index in [1.807, 2.05) is 18.2 Å². The van der Waals surface area contributed by atoms with Gasteiger partial charge in [-0.05, 0) is 69.9 Å². The summed E-state index contributed by atoms with van der Waals surface area (Å²) in [7, 11) is -3.52. The van der Waals surface area contributed by atoms with Crippen LogP contribution in [0.3, 0.4) is 0 Å². The van der Waals surface area contributed by atoms with Crippen LogP contribution in [0.1, 0.15) is 44.1 Å². The minimum atomic E-state index is -3.52. The van der Waals surface area contributed by atoms with Gasteiger partial charge in [0.05, 0.1) is 40.3 Å². The second-order valence-corrected chi connectivity index (χ2v) is 15.6. The number of pyridine rings is 1. The second-order valence-electron chi connectivity index (χ2n) is 11.4. The highest BCUT2D eigenvalue weighted by atomic mass is 35.5. The summed E-state index contributed by atoms with van der Waals surface area (Å²) in [5.41, 5.74) is 4.79. The molecule has 0 bridgehead atoms. The summed E-state index contributed by atoms with van der Waals surface area (Å²) in [4.78, 5) is 7.83. The largest absolute Gasteiger partial charge is 0.391 e. The van der Waals surface area contributed by atoms with Crippen LogP contribution in [0.15, 0.2) is 30.5 Å². The molecule has 0 unspecified atom stereocenters. The molecule has 1 aromatic carbocycles. The highest BCUT2D eigenvalue weighted by Gasteiger charge is 2.59. The number of thiophene rings is 1. The van der Waals surface area contributed by atoms with Crippen molar-refractivity contribution >= 4 is 48.9 Å². The second kappa shape index (κ2) is 8.89. The highest BCUT2D eigenvalue weighted by Crippen LogP contribution is 2.48. The third-order valence-corrected chi connectivity index (χ3v) is 12.0. The van der Waals surface area contributed by atoms with Crippen LogP contribution in [0.25, 0.3) is 21.3 Å². The Bertz CT molecular complexity index is 1480. The average molecular weight is 562 g/mol. The number of benzene rings is 1. The van der Waals surface area contributed by atoms with Crippen molar-refractivity contribution in [3.63, 3.8) is 0 Å². The van der Waals surface area contributed by atoms with Crippen molar-refractivity contribution in [3.8, 4) is 11.1 Å². The zero-order valence-corrected chi connectivity index (χ0v) is 23.7. The number of aliphatic hydroxyl groups is 1. The van der Waals surface area contributed by atoms with E-state index in [-0.39, 0.29) is 12.6 Å². The van der Waals surface area contributed by atoms with Gasteiger partial charge in [0.15, 0.2) is 0 Å².